The van der Waals surface area contributed by atoms with E-state index >= 15 is 0 Å². The number of aromatic hydroxyl groups is 1. The minimum atomic E-state index is -3.55. The largest absolute Gasteiger partial charge is 0.508 e. The van der Waals surface area contributed by atoms with Crippen LogP contribution in [0.5, 0.6) is 5.75 Å². The van der Waals surface area contributed by atoms with Crippen LogP contribution in [-0.2, 0) is 0 Å². The van der Waals surface area contributed by atoms with Gasteiger partial charge in [0.05, 0.1) is 11.6 Å². The Balaban J connectivity index is 3.18. The predicted octanol–water partition coefficient (Wildman–Crippen LogP) is 0.891. The highest BCUT2D eigenvalue weighted by Crippen LogP contribution is 2.34. The molecule has 0 bridgehead atoms. The highest BCUT2D eigenvalue weighted by molar-refractivity contribution is 5.43. The van der Waals surface area contributed by atoms with Gasteiger partial charge in [-0.15, -0.1) is 0 Å². The molecule has 0 spiro atoms. The standard InChI is InChI=1S/C10H10F2N2O2/c11-10(12,5-15)9(14)7-3-6(4-13)1-2-8(7)16/h1-3,9,15-16H,5,14H2/t9-/m1/s1. The minimum Gasteiger partial charge on any atom is -0.508 e. The van der Waals surface area contributed by atoms with Crippen LogP contribution in [0.3, 0.4) is 0 Å². The van der Waals surface area contributed by atoms with Crippen LogP contribution in [0.4, 0.5) is 8.78 Å². The average Bonchev–Trinajstić information content (AvgIpc) is 2.29. The third kappa shape index (κ3) is 2.27. The lowest BCUT2D eigenvalue weighted by atomic mass is 9.99. The zero-order valence-electron chi connectivity index (χ0n) is 8.19. The number of nitrogens with zero attached hydrogens (tertiary/aromatic N) is 1. The molecule has 0 heterocycles. The summed E-state index contributed by atoms with van der Waals surface area (Å²) >= 11 is 0. The summed E-state index contributed by atoms with van der Waals surface area (Å²) in [4.78, 5) is 0. The SMILES string of the molecule is N#Cc1ccc(O)c([C@@H](N)C(F)(F)CO)c1. The maximum atomic E-state index is 13.1. The lowest BCUT2D eigenvalue weighted by Crippen LogP contribution is -2.36. The normalized spacial score (nSPS) is 13.2. The fraction of sp³-hybridized carbons (Fsp3) is 0.300. The molecule has 0 fully saturated rings. The molecule has 0 saturated carbocycles. The van der Waals surface area contributed by atoms with Gasteiger partial charge in [-0.2, -0.15) is 5.26 Å². The molecule has 0 radical (unpaired) electrons. The Bertz CT molecular complexity index is 429. The summed E-state index contributed by atoms with van der Waals surface area (Å²) < 4.78 is 26.2. The first kappa shape index (κ1) is 12.4. The number of nitrogens with two attached hydrogens (primary N) is 1. The fourth-order valence-corrected chi connectivity index (χ4v) is 1.20. The third-order valence-electron chi connectivity index (χ3n) is 2.16. The summed E-state index contributed by atoms with van der Waals surface area (Å²) in [6, 6.07) is 3.35. The van der Waals surface area contributed by atoms with Crippen molar-refractivity contribution in [2.45, 2.75) is 12.0 Å². The second-order valence-corrected chi connectivity index (χ2v) is 3.28. The summed E-state index contributed by atoms with van der Waals surface area (Å²) in [6.45, 7) is -1.43. The molecule has 6 heteroatoms. The molecule has 0 unspecified atom stereocenters. The molecule has 1 aromatic carbocycles. The number of aliphatic hydroxyl groups is 1. The summed E-state index contributed by atoms with van der Waals surface area (Å²) in [5.41, 5.74) is 5.07. The Morgan fingerprint density at radius 3 is 2.62 bits per heavy atom. The molecular weight excluding hydrogens is 218 g/mol. The van der Waals surface area contributed by atoms with Crippen LogP contribution < -0.4 is 5.73 Å². The molecule has 16 heavy (non-hydrogen) atoms. The van der Waals surface area contributed by atoms with Crippen molar-refractivity contribution >= 4 is 0 Å². The van der Waals surface area contributed by atoms with Crippen LogP contribution in [0.15, 0.2) is 18.2 Å². The maximum absolute atomic E-state index is 13.1. The molecule has 1 rings (SSSR count). The summed E-state index contributed by atoms with van der Waals surface area (Å²) in [6.07, 6.45) is 0. The van der Waals surface area contributed by atoms with E-state index in [1.807, 2.05) is 0 Å². The number of phenolic OH excluding ortho intramolecular Hbond substituents is 1. The molecule has 86 valence electrons. The Kier molecular flexibility index (Phi) is 3.42. The second-order valence-electron chi connectivity index (χ2n) is 3.28. The van der Waals surface area contributed by atoms with Crippen LogP contribution in [0, 0.1) is 11.3 Å². The minimum absolute atomic E-state index is 0.108. The van der Waals surface area contributed by atoms with Crippen LogP contribution in [-0.4, -0.2) is 22.7 Å². The first-order valence-corrected chi connectivity index (χ1v) is 4.39. The Morgan fingerprint density at radius 2 is 2.12 bits per heavy atom. The van der Waals surface area contributed by atoms with Crippen molar-refractivity contribution in [3.05, 3.63) is 29.3 Å². The molecule has 0 aliphatic rings. The van der Waals surface area contributed by atoms with Crippen LogP contribution >= 0.6 is 0 Å². The van der Waals surface area contributed by atoms with Crippen LogP contribution in [0.1, 0.15) is 17.2 Å². The quantitative estimate of drug-likeness (QED) is 0.716. The molecule has 0 amide bonds. The molecule has 0 aromatic heterocycles. The van der Waals surface area contributed by atoms with E-state index in [4.69, 9.17) is 16.1 Å². The van der Waals surface area contributed by atoms with E-state index in [9.17, 15) is 13.9 Å². The molecule has 4 nitrogen and oxygen atoms in total. The van der Waals surface area contributed by atoms with Gasteiger partial charge in [0.15, 0.2) is 0 Å². The van der Waals surface area contributed by atoms with Crippen molar-refractivity contribution in [1.29, 1.82) is 5.26 Å². The van der Waals surface area contributed by atoms with Crippen molar-refractivity contribution in [2.75, 3.05) is 6.61 Å². The number of hydrogen-bond acceptors (Lipinski definition) is 4. The van der Waals surface area contributed by atoms with E-state index in [1.54, 1.807) is 6.07 Å². The number of hydrogen-bond donors (Lipinski definition) is 3. The summed E-state index contributed by atoms with van der Waals surface area (Å²) in [7, 11) is 0. The van der Waals surface area contributed by atoms with Gasteiger partial charge in [0.25, 0.3) is 5.92 Å². The zero-order chi connectivity index (χ0) is 12.3. The first-order valence-electron chi connectivity index (χ1n) is 4.39. The summed E-state index contributed by atoms with van der Waals surface area (Å²) in [5, 5.41) is 26.4. The zero-order valence-corrected chi connectivity index (χ0v) is 8.19. The average molecular weight is 228 g/mol. The van der Waals surface area contributed by atoms with Gasteiger partial charge in [-0.05, 0) is 18.2 Å². The van der Waals surface area contributed by atoms with E-state index in [1.165, 1.54) is 6.07 Å². The van der Waals surface area contributed by atoms with Gasteiger partial charge in [0.1, 0.15) is 18.4 Å². The molecule has 4 N–H and O–H groups in total. The van der Waals surface area contributed by atoms with E-state index in [0.29, 0.717) is 0 Å². The van der Waals surface area contributed by atoms with Crippen LogP contribution in [0.25, 0.3) is 0 Å². The highest BCUT2D eigenvalue weighted by Gasteiger charge is 2.38. The molecule has 1 aromatic rings. The van der Waals surface area contributed by atoms with E-state index in [0.717, 1.165) is 12.1 Å². The summed E-state index contributed by atoms with van der Waals surface area (Å²) in [5.74, 6) is -3.98. The number of phenols is 1. The lowest BCUT2D eigenvalue weighted by molar-refractivity contribution is -0.0715. The van der Waals surface area contributed by atoms with Crippen molar-refractivity contribution in [3.8, 4) is 11.8 Å². The number of aliphatic hydroxyl groups excluding tert-OH is 1. The van der Waals surface area contributed by atoms with E-state index < -0.39 is 24.3 Å². The molecule has 0 aliphatic carbocycles. The molecular formula is C10H10F2N2O2. The Labute approximate surface area is 90.5 Å². The van der Waals surface area contributed by atoms with Crippen molar-refractivity contribution in [2.24, 2.45) is 5.73 Å². The van der Waals surface area contributed by atoms with Gasteiger partial charge >= 0.3 is 0 Å². The van der Waals surface area contributed by atoms with Crippen molar-refractivity contribution in [3.63, 3.8) is 0 Å². The smallest absolute Gasteiger partial charge is 0.289 e. The number of benzene rings is 1. The molecule has 0 aliphatic heterocycles. The van der Waals surface area contributed by atoms with Gasteiger partial charge in [-0.1, -0.05) is 0 Å². The van der Waals surface area contributed by atoms with Gasteiger partial charge in [-0.25, -0.2) is 8.78 Å². The van der Waals surface area contributed by atoms with Gasteiger partial charge in [-0.3, -0.25) is 0 Å². The molecule has 0 saturated heterocycles. The first-order chi connectivity index (χ1) is 7.42. The number of rotatable bonds is 3. The van der Waals surface area contributed by atoms with Gasteiger partial charge < -0.3 is 15.9 Å². The van der Waals surface area contributed by atoms with E-state index in [2.05, 4.69) is 0 Å². The maximum Gasteiger partial charge on any atom is 0.289 e. The lowest BCUT2D eigenvalue weighted by Gasteiger charge is -2.22. The fourth-order valence-electron chi connectivity index (χ4n) is 1.20. The third-order valence-corrected chi connectivity index (χ3v) is 2.16. The number of nitriles is 1. The predicted molar refractivity (Wildman–Crippen MR) is 51.8 cm³/mol. The van der Waals surface area contributed by atoms with E-state index in [-0.39, 0.29) is 11.1 Å². The topological polar surface area (TPSA) is 90.3 Å². The second kappa shape index (κ2) is 4.43. The Hall–Kier alpha value is -1.71. The monoisotopic (exact) mass is 228 g/mol. The number of alkyl halides is 2. The van der Waals surface area contributed by atoms with Gasteiger partial charge in [0.2, 0.25) is 0 Å². The van der Waals surface area contributed by atoms with Crippen molar-refractivity contribution < 1.29 is 19.0 Å². The van der Waals surface area contributed by atoms with Gasteiger partial charge in [0, 0.05) is 5.56 Å². The number of halogens is 2. The Morgan fingerprint density at radius 1 is 1.50 bits per heavy atom. The highest BCUT2D eigenvalue weighted by atomic mass is 19.3. The van der Waals surface area contributed by atoms with Crippen LogP contribution in [0.2, 0.25) is 0 Å². The molecule has 1 atom stereocenters. The van der Waals surface area contributed by atoms with Crippen molar-refractivity contribution in [1.82, 2.24) is 0 Å².